The number of amides is 1. The first-order valence-corrected chi connectivity index (χ1v) is 5.87. The van der Waals surface area contributed by atoms with E-state index in [1.165, 1.54) is 0 Å². The van der Waals surface area contributed by atoms with Crippen LogP contribution in [-0.4, -0.2) is 47.2 Å². The standard InChI is InChI=1S/C11H18N2O5/c1-6-4-12-5-7(6)10(16)13-8(11(17)18)2-3-9(14)15/h6-8,12H,2-5H2,1H3,(H,13,16)(H,14,15)(H,17,18)/t6-,7-,8?/m1/s1. The zero-order valence-electron chi connectivity index (χ0n) is 10.2. The Morgan fingerprint density at radius 2 is 2.00 bits per heavy atom. The molecule has 4 N–H and O–H groups in total. The molecular formula is C11H18N2O5. The average Bonchev–Trinajstić information content (AvgIpc) is 2.69. The van der Waals surface area contributed by atoms with Gasteiger partial charge in [0.1, 0.15) is 6.04 Å². The van der Waals surface area contributed by atoms with Crippen molar-refractivity contribution in [2.45, 2.75) is 25.8 Å². The van der Waals surface area contributed by atoms with Crippen LogP contribution in [0.3, 0.4) is 0 Å². The third-order valence-electron chi connectivity index (χ3n) is 3.12. The SMILES string of the molecule is C[C@@H]1CNC[C@H]1C(=O)NC(CCC(=O)O)C(=O)O. The van der Waals surface area contributed by atoms with Gasteiger partial charge in [0.2, 0.25) is 5.91 Å². The van der Waals surface area contributed by atoms with Crippen molar-refractivity contribution in [1.82, 2.24) is 10.6 Å². The fraction of sp³-hybridized carbons (Fsp3) is 0.727. The number of carbonyl (C=O) groups excluding carboxylic acids is 1. The summed E-state index contributed by atoms with van der Waals surface area (Å²) in [5.41, 5.74) is 0. The van der Waals surface area contributed by atoms with E-state index in [0.29, 0.717) is 6.54 Å². The Hall–Kier alpha value is -1.63. The van der Waals surface area contributed by atoms with Crippen molar-refractivity contribution >= 4 is 17.8 Å². The summed E-state index contributed by atoms with van der Waals surface area (Å²) in [5.74, 6) is -2.71. The van der Waals surface area contributed by atoms with Crippen LogP contribution < -0.4 is 10.6 Å². The first-order valence-electron chi connectivity index (χ1n) is 5.87. The van der Waals surface area contributed by atoms with E-state index < -0.39 is 18.0 Å². The zero-order valence-corrected chi connectivity index (χ0v) is 10.2. The normalized spacial score (nSPS) is 24.5. The van der Waals surface area contributed by atoms with E-state index in [2.05, 4.69) is 10.6 Å². The number of hydrogen-bond acceptors (Lipinski definition) is 4. The Bertz CT molecular complexity index is 344. The van der Waals surface area contributed by atoms with Gasteiger partial charge in [-0.3, -0.25) is 9.59 Å². The van der Waals surface area contributed by atoms with Gasteiger partial charge in [-0.1, -0.05) is 6.92 Å². The fourth-order valence-electron chi connectivity index (χ4n) is 1.97. The molecule has 1 rings (SSSR count). The van der Waals surface area contributed by atoms with Crippen LogP contribution >= 0.6 is 0 Å². The molecule has 0 bridgehead atoms. The molecule has 0 spiro atoms. The van der Waals surface area contributed by atoms with Crippen molar-refractivity contribution in [3.8, 4) is 0 Å². The second-order valence-corrected chi connectivity index (χ2v) is 4.57. The molecule has 1 amide bonds. The van der Waals surface area contributed by atoms with Crippen molar-refractivity contribution in [3.05, 3.63) is 0 Å². The molecule has 1 aliphatic heterocycles. The molecule has 1 heterocycles. The minimum atomic E-state index is -1.21. The average molecular weight is 258 g/mol. The van der Waals surface area contributed by atoms with Crippen LogP contribution in [0.15, 0.2) is 0 Å². The lowest BCUT2D eigenvalue weighted by molar-refractivity contribution is -0.143. The van der Waals surface area contributed by atoms with Gasteiger partial charge in [-0.25, -0.2) is 4.79 Å². The zero-order chi connectivity index (χ0) is 13.7. The Labute approximate surface area is 105 Å². The summed E-state index contributed by atoms with van der Waals surface area (Å²) >= 11 is 0. The molecule has 7 nitrogen and oxygen atoms in total. The smallest absolute Gasteiger partial charge is 0.326 e. The third-order valence-corrected chi connectivity index (χ3v) is 3.12. The highest BCUT2D eigenvalue weighted by atomic mass is 16.4. The molecular weight excluding hydrogens is 240 g/mol. The maximum absolute atomic E-state index is 11.9. The van der Waals surface area contributed by atoms with E-state index >= 15 is 0 Å². The lowest BCUT2D eigenvalue weighted by Crippen LogP contribution is -2.45. The minimum absolute atomic E-state index is 0.106. The second kappa shape index (κ2) is 6.34. The van der Waals surface area contributed by atoms with Crippen molar-refractivity contribution in [2.75, 3.05) is 13.1 Å². The van der Waals surface area contributed by atoms with Crippen LogP contribution in [0.1, 0.15) is 19.8 Å². The maximum Gasteiger partial charge on any atom is 0.326 e. The van der Waals surface area contributed by atoms with Gasteiger partial charge in [-0.15, -0.1) is 0 Å². The molecule has 18 heavy (non-hydrogen) atoms. The fourth-order valence-corrected chi connectivity index (χ4v) is 1.97. The van der Waals surface area contributed by atoms with E-state index in [9.17, 15) is 14.4 Å². The van der Waals surface area contributed by atoms with Crippen LogP contribution in [0.5, 0.6) is 0 Å². The molecule has 0 aromatic carbocycles. The molecule has 1 aliphatic rings. The van der Waals surface area contributed by atoms with Gasteiger partial charge in [0.25, 0.3) is 0 Å². The van der Waals surface area contributed by atoms with Crippen molar-refractivity contribution in [2.24, 2.45) is 11.8 Å². The van der Waals surface area contributed by atoms with E-state index in [0.717, 1.165) is 6.54 Å². The van der Waals surface area contributed by atoms with Crippen LogP contribution in [0.25, 0.3) is 0 Å². The van der Waals surface area contributed by atoms with E-state index in [1.54, 1.807) is 0 Å². The van der Waals surface area contributed by atoms with Crippen molar-refractivity contribution in [3.63, 3.8) is 0 Å². The molecule has 102 valence electrons. The lowest BCUT2D eigenvalue weighted by atomic mass is 9.96. The highest BCUT2D eigenvalue weighted by Crippen LogP contribution is 2.16. The van der Waals surface area contributed by atoms with Crippen molar-refractivity contribution in [1.29, 1.82) is 0 Å². The third kappa shape index (κ3) is 3.99. The number of rotatable bonds is 6. The van der Waals surface area contributed by atoms with Crippen molar-refractivity contribution < 1.29 is 24.6 Å². The first-order chi connectivity index (χ1) is 8.41. The molecule has 7 heteroatoms. The maximum atomic E-state index is 11.9. The predicted molar refractivity (Wildman–Crippen MR) is 62.0 cm³/mol. The Balaban J connectivity index is 2.52. The molecule has 0 aromatic rings. The van der Waals surface area contributed by atoms with Gasteiger partial charge in [-0.2, -0.15) is 0 Å². The number of carboxylic acids is 2. The Kier molecular flexibility index (Phi) is 5.08. The number of nitrogens with one attached hydrogen (secondary N) is 2. The molecule has 0 aromatic heterocycles. The Morgan fingerprint density at radius 3 is 2.44 bits per heavy atom. The van der Waals surface area contributed by atoms with Gasteiger partial charge in [0.05, 0.1) is 5.92 Å². The lowest BCUT2D eigenvalue weighted by Gasteiger charge is -2.18. The minimum Gasteiger partial charge on any atom is -0.481 e. The highest BCUT2D eigenvalue weighted by Gasteiger charge is 2.32. The Morgan fingerprint density at radius 1 is 1.33 bits per heavy atom. The molecule has 0 aliphatic carbocycles. The second-order valence-electron chi connectivity index (χ2n) is 4.57. The number of aliphatic carboxylic acids is 2. The summed E-state index contributed by atoms with van der Waals surface area (Å²) in [6, 6.07) is -1.14. The summed E-state index contributed by atoms with van der Waals surface area (Å²) in [7, 11) is 0. The summed E-state index contributed by atoms with van der Waals surface area (Å²) in [4.78, 5) is 33.2. The number of carboxylic acid groups (broad SMARTS) is 2. The van der Waals surface area contributed by atoms with Crippen LogP contribution in [0.2, 0.25) is 0 Å². The number of carbonyl (C=O) groups is 3. The molecule has 1 saturated heterocycles. The molecule has 0 saturated carbocycles. The van der Waals surface area contributed by atoms with E-state index in [-0.39, 0.29) is 30.6 Å². The van der Waals surface area contributed by atoms with Gasteiger partial charge in [0.15, 0.2) is 0 Å². The van der Waals surface area contributed by atoms with E-state index in [4.69, 9.17) is 10.2 Å². The molecule has 3 atom stereocenters. The summed E-state index contributed by atoms with van der Waals surface area (Å²) < 4.78 is 0. The van der Waals surface area contributed by atoms with Gasteiger partial charge < -0.3 is 20.8 Å². The van der Waals surface area contributed by atoms with Crippen LogP contribution in [0, 0.1) is 11.8 Å². The summed E-state index contributed by atoms with van der Waals surface area (Å²) in [6.45, 7) is 3.17. The van der Waals surface area contributed by atoms with Crippen LogP contribution in [-0.2, 0) is 14.4 Å². The summed E-state index contributed by atoms with van der Waals surface area (Å²) in [6.07, 6.45) is -0.388. The monoisotopic (exact) mass is 258 g/mol. The molecule has 1 fully saturated rings. The van der Waals surface area contributed by atoms with Gasteiger partial charge >= 0.3 is 11.9 Å². The van der Waals surface area contributed by atoms with Gasteiger partial charge in [-0.05, 0) is 18.9 Å². The highest BCUT2D eigenvalue weighted by molar-refractivity contribution is 5.85. The molecule has 1 unspecified atom stereocenters. The topological polar surface area (TPSA) is 116 Å². The van der Waals surface area contributed by atoms with Gasteiger partial charge in [0, 0.05) is 13.0 Å². The number of hydrogen-bond donors (Lipinski definition) is 4. The quantitative estimate of drug-likeness (QED) is 0.499. The first kappa shape index (κ1) is 14.4. The summed E-state index contributed by atoms with van der Waals surface area (Å²) in [5, 5.41) is 22.9. The predicted octanol–water partition coefficient (Wildman–Crippen LogP) is -0.724. The molecule has 0 radical (unpaired) electrons. The largest absolute Gasteiger partial charge is 0.481 e. The van der Waals surface area contributed by atoms with E-state index in [1.807, 2.05) is 6.92 Å². The van der Waals surface area contributed by atoms with Crippen LogP contribution in [0.4, 0.5) is 0 Å².